The number of carbonyl (C=O) groups excluding carboxylic acids is 2. The van der Waals surface area contributed by atoms with Gasteiger partial charge in [-0.1, -0.05) is 0 Å². The number of halogens is 1. The van der Waals surface area contributed by atoms with Crippen molar-refractivity contribution < 1.29 is 27.9 Å². The van der Waals surface area contributed by atoms with E-state index in [9.17, 15) is 14.0 Å². The molecule has 8 heteroatoms. The van der Waals surface area contributed by atoms with Crippen molar-refractivity contribution in [3.8, 4) is 5.75 Å². The van der Waals surface area contributed by atoms with Gasteiger partial charge in [0.1, 0.15) is 28.9 Å². The number of fused-ring (bicyclic) bond motifs is 1. The van der Waals surface area contributed by atoms with Crippen molar-refractivity contribution in [1.82, 2.24) is 0 Å². The lowest BCUT2D eigenvalue weighted by molar-refractivity contribution is 0.0526. The Labute approximate surface area is 183 Å². The highest BCUT2D eigenvalue weighted by Crippen LogP contribution is 2.38. The molecule has 0 fully saturated rings. The molecule has 0 atom stereocenters. The summed E-state index contributed by atoms with van der Waals surface area (Å²) in [4.78, 5) is 26.4. The van der Waals surface area contributed by atoms with Crippen molar-refractivity contribution in [2.45, 2.75) is 39.2 Å². The SMILES string of the molecule is CCOC(=O)c1c(NC(=O)c2ccc(COc3ccc(F)cc3)o2)sc2c1CCCC2. The van der Waals surface area contributed by atoms with Gasteiger partial charge in [-0.05, 0) is 74.6 Å². The molecule has 1 N–H and O–H groups in total. The Bertz CT molecular complexity index is 1090. The van der Waals surface area contributed by atoms with Gasteiger partial charge in [0, 0.05) is 4.88 Å². The van der Waals surface area contributed by atoms with Crippen LogP contribution in [0.25, 0.3) is 0 Å². The molecule has 4 rings (SSSR count). The van der Waals surface area contributed by atoms with Gasteiger partial charge in [0.25, 0.3) is 5.91 Å². The first-order chi connectivity index (χ1) is 15.0. The van der Waals surface area contributed by atoms with E-state index in [4.69, 9.17) is 13.9 Å². The third-order valence-electron chi connectivity index (χ3n) is 4.96. The maximum absolute atomic E-state index is 13.0. The number of hydrogen-bond acceptors (Lipinski definition) is 6. The van der Waals surface area contributed by atoms with Crippen molar-refractivity contribution in [3.05, 3.63) is 69.7 Å². The van der Waals surface area contributed by atoms with Crippen molar-refractivity contribution in [1.29, 1.82) is 0 Å². The highest BCUT2D eigenvalue weighted by Gasteiger charge is 2.28. The maximum atomic E-state index is 13.0. The predicted molar refractivity (Wildman–Crippen MR) is 114 cm³/mol. The van der Waals surface area contributed by atoms with Crippen LogP contribution in [-0.4, -0.2) is 18.5 Å². The monoisotopic (exact) mass is 443 g/mol. The molecule has 0 aliphatic heterocycles. The van der Waals surface area contributed by atoms with Gasteiger partial charge in [-0.15, -0.1) is 11.3 Å². The van der Waals surface area contributed by atoms with E-state index in [0.717, 1.165) is 36.1 Å². The third kappa shape index (κ3) is 4.80. The smallest absolute Gasteiger partial charge is 0.341 e. The Hall–Kier alpha value is -3.13. The van der Waals surface area contributed by atoms with Crippen LogP contribution in [0.15, 0.2) is 40.8 Å². The minimum absolute atomic E-state index is 0.0975. The summed E-state index contributed by atoms with van der Waals surface area (Å²) >= 11 is 1.42. The molecule has 1 aliphatic rings. The summed E-state index contributed by atoms with van der Waals surface area (Å²) in [5.41, 5.74) is 1.44. The number of benzene rings is 1. The molecule has 0 unspecified atom stereocenters. The number of carbonyl (C=O) groups is 2. The molecule has 3 aromatic rings. The summed E-state index contributed by atoms with van der Waals surface area (Å²) in [5.74, 6) is -0.152. The number of nitrogens with one attached hydrogen (secondary N) is 1. The highest BCUT2D eigenvalue weighted by molar-refractivity contribution is 7.17. The Kier molecular flexibility index (Phi) is 6.36. The number of rotatable bonds is 7. The highest BCUT2D eigenvalue weighted by atomic mass is 32.1. The molecule has 2 aromatic heterocycles. The minimum atomic E-state index is -0.447. The largest absolute Gasteiger partial charge is 0.486 e. The summed E-state index contributed by atoms with van der Waals surface area (Å²) in [6, 6.07) is 8.83. The average molecular weight is 443 g/mol. The van der Waals surface area contributed by atoms with Gasteiger partial charge < -0.3 is 19.2 Å². The van der Waals surface area contributed by atoms with Crippen LogP contribution in [0, 0.1) is 5.82 Å². The lowest BCUT2D eigenvalue weighted by Crippen LogP contribution is -2.15. The van der Waals surface area contributed by atoms with Gasteiger partial charge >= 0.3 is 5.97 Å². The number of esters is 1. The fraction of sp³-hybridized carbons (Fsp3) is 0.304. The van der Waals surface area contributed by atoms with Crippen molar-refractivity contribution in [2.24, 2.45) is 0 Å². The van der Waals surface area contributed by atoms with Gasteiger partial charge in [0.15, 0.2) is 5.76 Å². The molecule has 2 heterocycles. The van der Waals surface area contributed by atoms with Crippen LogP contribution in [-0.2, 0) is 24.2 Å². The first-order valence-corrected chi connectivity index (χ1v) is 11.0. The normalized spacial score (nSPS) is 12.8. The van der Waals surface area contributed by atoms with Crippen molar-refractivity contribution >= 4 is 28.2 Å². The van der Waals surface area contributed by atoms with Gasteiger partial charge in [-0.3, -0.25) is 4.79 Å². The molecule has 31 heavy (non-hydrogen) atoms. The number of hydrogen-bond donors (Lipinski definition) is 1. The van der Waals surface area contributed by atoms with Crippen LogP contribution in [0.2, 0.25) is 0 Å². The van der Waals surface area contributed by atoms with E-state index in [2.05, 4.69) is 5.32 Å². The average Bonchev–Trinajstić information content (AvgIpc) is 3.38. The molecule has 0 radical (unpaired) electrons. The molecule has 1 aliphatic carbocycles. The lowest BCUT2D eigenvalue weighted by atomic mass is 9.95. The summed E-state index contributed by atoms with van der Waals surface area (Å²) in [7, 11) is 0. The van der Waals surface area contributed by atoms with Crippen LogP contribution in [0.4, 0.5) is 9.39 Å². The molecule has 0 spiro atoms. The van der Waals surface area contributed by atoms with Crippen LogP contribution < -0.4 is 10.1 Å². The van der Waals surface area contributed by atoms with Crippen LogP contribution in [0.5, 0.6) is 5.75 Å². The molecule has 1 amide bonds. The van der Waals surface area contributed by atoms with E-state index in [1.807, 2.05) is 0 Å². The molecule has 162 valence electrons. The van der Waals surface area contributed by atoms with Crippen LogP contribution in [0.1, 0.15) is 56.9 Å². The molecule has 0 saturated carbocycles. The zero-order valence-corrected chi connectivity index (χ0v) is 17.9. The first-order valence-electron chi connectivity index (χ1n) is 10.1. The fourth-order valence-corrected chi connectivity index (χ4v) is 4.77. The minimum Gasteiger partial charge on any atom is -0.486 e. The number of thiophene rings is 1. The zero-order valence-electron chi connectivity index (χ0n) is 17.0. The number of ether oxygens (including phenoxy) is 2. The van der Waals surface area contributed by atoms with Crippen LogP contribution >= 0.6 is 11.3 Å². The second-order valence-electron chi connectivity index (χ2n) is 7.10. The molecule has 0 saturated heterocycles. The Morgan fingerprint density at radius 1 is 1.13 bits per heavy atom. The quantitative estimate of drug-likeness (QED) is 0.497. The number of furan rings is 1. The van der Waals surface area contributed by atoms with Crippen molar-refractivity contribution in [2.75, 3.05) is 11.9 Å². The van der Waals surface area contributed by atoms with Gasteiger partial charge in [0.2, 0.25) is 0 Å². The molecular weight excluding hydrogens is 421 g/mol. The number of aryl methyl sites for hydroxylation is 1. The van der Waals surface area contributed by atoms with E-state index in [0.29, 0.717) is 22.1 Å². The van der Waals surface area contributed by atoms with E-state index < -0.39 is 11.9 Å². The number of anilines is 1. The second-order valence-corrected chi connectivity index (χ2v) is 8.20. The summed E-state index contributed by atoms with van der Waals surface area (Å²) < 4.78 is 29.3. The zero-order chi connectivity index (χ0) is 21.8. The molecule has 0 bridgehead atoms. The fourth-order valence-electron chi connectivity index (χ4n) is 3.50. The summed E-state index contributed by atoms with van der Waals surface area (Å²) in [6.07, 6.45) is 3.78. The van der Waals surface area contributed by atoms with E-state index >= 15 is 0 Å². The van der Waals surface area contributed by atoms with Gasteiger partial charge in [-0.25, -0.2) is 9.18 Å². The summed E-state index contributed by atoms with van der Waals surface area (Å²) in [5, 5.41) is 3.32. The maximum Gasteiger partial charge on any atom is 0.341 e. The third-order valence-corrected chi connectivity index (χ3v) is 6.17. The number of amides is 1. The van der Waals surface area contributed by atoms with E-state index in [1.54, 1.807) is 19.1 Å². The lowest BCUT2D eigenvalue weighted by Gasteiger charge is -2.12. The second kappa shape index (κ2) is 9.34. The van der Waals surface area contributed by atoms with E-state index in [1.165, 1.54) is 35.6 Å². The predicted octanol–water partition coefficient (Wildman–Crippen LogP) is 5.37. The van der Waals surface area contributed by atoms with Gasteiger partial charge in [-0.2, -0.15) is 0 Å². The standard InChI is InChI=1S/C23H22FNO5S/c1-2-28-23(27)20-17-5-3-4-6-19(17)31-22(20)25-21(26)18-12-11-16(30-18)13-29-15-9-7-14(24)8-10-15/h7-12H,2-6,13H2,1H3,(H,25,26). The van der Waals surface area contributed by atoms with Crippen LogP contribution in [0.3, 0.4) is 0 Å². The topological polar surface area (TPSA) is 77.8 Å². The Morgan fingerprint density at radius 3 is 2.68 bits per heavy atom. The Balaban J connectivity index is 1.46. The Morgan fingerprint density at radius 2 is 1.90 bits per heavy atom. The van der Waals surface area contributed by atoms with E-state index in [-0.39, 0.29) is 24.8 Å². The van der Waals surface area contributed by atoms with Gasteiger partial charge in [0.05, 0.1) is 12.2 Å². The molecule has 1 aromatic carbocycles. The first kappa shape index (κ1) is 21.1. The molecular formula is C23H22FNO5S. The molecule has 6 nitrogen and oxygen atoms in total. The van der Waals surface area contributed by atoms with Crippen molar-refractivity contribution in [3.63, 3.8) is 0 Å². The summed E-state index contributed by atoms with van der Waals surface area (Å²) in [6.45, 7) is 2.13.